The van der Waals surface area contributed by atoms with Gasteiger partial charge in [0.1, 0.15) is 0 Å². The van der Waals surface area contributed by atoms with Gasteiger partial charge in [0.05, 0.1) is 0 Å². The second kappa shape index (κ2) is 5.85. The summed E-state index contributed by atoms with van der Waals surface area (Å²) in [6.07, 6.45) is 2.74. The molecule has 18 heavy (non-hydrogen) atoms. The standard InChI is InChI=1S/C16H26N2/c1-16(2,12-17-15-9-10-15)13-18(3)11-14-7-5-4-6-8-14/h4-8,15,17H,9-13H2,1-3H3. The molecule has 1 aliphatic carbocycles. The molecule has 1 aromatic rings. The van der Waals surface area contributed by atoms with Crippen molar-refractivity contribution in [3.63, 3.8) is 0 Å². The van der Waals surface area contributed by atoms with Crippen LogP contribution in [0.5, 0.6) is 0 Å². The third-order valence-electron chi connectivity index (χ3n) is 3.44. The molecule has 0 atom stereocenters. The van der Waals surface area contributed by atoms with E-state index in [9.17, 15) is 0 Å². The summed E-state index contributed by atoms with van der Waals surface area (Å²) in [4.78, 5) is 2.42. The van der Waals surface area contributed by atoms with Crippen molar-refractivity contribution in [2.45, 2.75) is 39.3 Å². The van der Waals surface area contributed by atoms with Crippen LogP contribution in [0, 0.1) is 5.41 Å². The van der Waals surface area contributed by atoms with Gasteiger partial charge in [0.25, 0.3) is 0 Å². The van der Waals surface area contributed by atoms with Crippen molar-refractivity contribution in [2.24, 2.45) is 5.41 Å². The van der Waals surface area contributed by atoms with Crippen molar-refractivity contribution in [1.82, 2.24) is 10.2 Å². The predicted octanol–water partition coefficient (Wildman–Crippen LogP) is 2.90. The lowest BCUT2D eigenvalue weighted by molar-refractivity contribution is 0.198. The summed E-state index contributed by atoms with van der Waals surface area (Å²) in [6, 6.07) is 11.5. The van der Waals surface area contributed by atoms with Crippen LogP contribution in [0.1, 0.15) is 32.3 Å². The molecular formula is C16H26N2. The molecule has 0 amide bonds. The number of benzene rings is 1. The van der Waals surface area contributed by atoms with Crippen molar-refractivity contribution in [1.29, 1.82) is 0 Å². The van der Waals surface area contributed by atoms with Crippen LogP contribution < -0.4 is 5.32 Å². The van der Waals surface area contributed by atoms with E-state index in [1.165, 1.54) is 18.4 Å². The molecule has 100 valence electrons. The fourth-order valence-electron chi connectivity index (χ4n) is 2.45. The van der Waals surface area contributed by atoms with Crippen LogP contribution in [0.15, 0.2) is 30.3 Å². The van der Waals surface area contributed by atoms with Crippen LogP contribution in [0.4, 0.5) is 0 Å². The average Bonchev–Trinajstić information content (AvgIpc) is 3.10. The highest BCUT2D eigenvalue weighted by Crippen LogP contribution is 2.22. The summed E-state index contributed by atoms with van der Waals surface area (Å²) in [7, 11) is 2.21. The number of rotatable bonds is 7. The lowest BCUT2D eigenvalue weighted by Crippen LogP contribution is -2.39. The van der Waals surface area contributed by atoms with Gasteiger partial charge in [-0.3, -0.25) is 0 Å². The van der Waals surface area contributed by atoms with Gasteiger partial charge in [-0.1, -0.05) is 44.2 Å². The quantitative estimate of drug-likeness (QED) is 0.796. The van der Waals surface area contributed by atoms with Gasteiger partial charge in [-0.2, -0.15) is 0 Å². The van der Waals surface area contributed by atoms with Crippen molar-refractivity contribution >= 4 is 0 Å². The Bertz CT molecular complexity index is 355. The number of nitrogens with one attached hydrogen (secondary N) is 1. The molecule has 0 aliphatic heterocycles. The van der Waals surface area contributed by atoms with Crippen molar-refractivity contribution in [3.05, 3.63) is 35.9 Å². The number of nitrogens with zero attached hydrogens (tertiary/aromatic N) is 1. The molecule has 0 unspecified atom stereocenters. The van der Waals surface area contributed by atoms with E-state index in [-0.39, 0.29) is 0 Å². The molecule has 1 aliphatic rings. The molecular weight excluding hydrogens is 220 g/mol. The molecule has 1 aromatic carbocycles. The average molecular weight is 246 g/mol. The third-order valence-corrected chi connectivity index (χ3v) is 3.44. The zero-order valence-electron chi connectivity index (χ0n) is 11.9. The van der Waals surface area contributed by atoms with Crippen LogP contribution in [-0.4, -0.2) is 31.1 Å². The first-order valence-corrected chi connectivity index (χ1v) is 7.01. The SMILES string of the molecule is CN(Cc1ccccc1)CC(C)(C)CNC1CC1. The van der Waals surface area contributed by atoms with Crippen LogP contribution in [0.3, 0.4) is 0 Å². The van der Waals surface area contributed by atoms with Gasteiger partial charge < -0.3 is 10.2 Å². The maximum atomic E-state index is 3.64. The van der Waals surface area contributed by atoms with Gasteiger partial charge >= 0.3 is 0 Å². The van der Waals surface area contributed by atoms with Crippen LogP contribution in [0.2, 0.25) is 0 Å². The monoisotopic (exact) mass is 246 g/mol. The molecule has 0 radical (unpaired) electrons. The molecule has 2 nitrogen and oxygen atoms in total. The van der Waals surface area contributed by atoms with Gasteiger partial charge in [0, 0.05) is 25.7 Å². The van der Waals surface area contributed by atoms with E-state index in [2.05, 4.69) is 61.4 Å². The third kappa shape index (κ3) is 4.79. The molecule has 2 heteroatoms. The summed E-state index contributed by atoms with van der Waals surface area (Å²) >= 11 is 0. The fraction of sp³-hybridized carbons (Fsp3) is 0.625. The van der Waals surface area contributed by atoms with Crippen molar-refractivity contribution in [2.75, 3.05) is 20.1 Å². The predicted molar refractivity (Wildman–Crippen MR) is 77.6 cm³/mol. The zero-order chi connectivity index (χ0) is 13.0. The fourth-order valence-corrected chi connectivity index (χ4v) is 2.45. The highest BCUT2D eigenvalue weighted by Gasteiger charge is 2.26. The van der Waals surface area contributed by atoms with Gasteiger partial charge in [0.15, 0.2) is 0 Å². The van der Waals surface area contributed by atoms with Crippen LogP contribution in [-0.2, 0) is 6.54 Å². The summed E-state index contributed by atoms with van der Waals surface area (Å²) in [6.45, 7) is 7.99. The number of hydrogen-bond donors (Lipinski definition) is 1. The first-order valence-electron chi connectivity index (χ1n) is 7.01. The first kappa shape index (κ1) is 13.6. The van der Waals surface area contributed by atoms with Gasteiger partial charge in [-0.25, -0.2) is 0 Å². The van der Waals surface area contributed by atoms with Gasteiger partial charge in [-0.05, 0) is 30.9 Å². The Morgan fingerprint density at radius 1 is 1.22 bits per heavy atom. The van der Waals surface area contributed by atoms with Crippen molar-refractivity contribution in [3.8, 4) is 0 Å². The summed E-state index contributed by atoms with van der Waals surface area (Å²) in [5.74, 6) is 0. The van der Waals surface area contributed by atoms with E-state index in [4.69, 9.17) is 0 Å². The Hall–Kier alpha value is -0.860. The van der Waals surface area contributed by atoms with E-state index in [1.807, 2.05) is 0 Å². The van der Waals surface area contributed by atoms with Crippen LogP contribution in [0.25, 0.3) is 0 Å². The molecule has 0 spiro atoms. The molecule has 0 aromatic heterocycles. The minimum Gasteiger partial charge on any atom is -0.313 e. The largest absolute Gasteiger partial charge is 0.313 e. The second-order valence-electron chi connectivity index (χ2n) is 6.48. The minimum atomic E-state index is 0.339. The molecule has 2 rings (SSSR count). The number of hydrogen-bond acceptors (Lipinski definition) is 2. The van der Waals surface area contributed by atoms with E-state index >= 15 is 0 Å². The first-order chi connectivity index (χ1) is 8.55. The Balaban J connectivity index is 1.76. The molecule has 1 saturated carbocycles. The Kier molecular flexibility index (Phi) is 4.41. The Morgan fingerprint density at radius 3 is 2.50 bits per heavy atom. The zero-order valence-corrected chi connectivity index (χ0v) is 11.9. The lowest BCUT2D eigenvalue weighted by atomic mass is 9.92. The molecule has 0 heterocycles. The highest BCUT2D eigenvalue weighted by atomic mass is 15.1. The maximum absolute atomic E-state index is 3.64. The van der Waals surface area contributed by atoms with E-state index in [0.717, 1.165) is 25.7 Å². The Morgan fingerprint density at radius 2 is 1.89 bits per heavy atom. The molecule has 1 fully saturated rings. The van der Waals surface area contributed by atoms with E-state index in [1.54, 1.807) is 0 Å². The maximum Gasteiger partial charge on any atom is 0.0230 e. The Labute approximate surface area is 111 Å². The minimum absolute atomic E-state index is 0.339. The highest BCUT2D eigenvalue weighted by molar-refractivity contribution is 5.14. The van der Waals surface area contributed by atoms with E-state index in [0.29, 0.717) is 5.41 Å². The van der Waals surface area contributed by atoms with Gasteiger partial charge in [0.2, 0.25) is 0 Å². The summed E-state index contributed by atoms with van der Waals surface area (Å²) in [5, 5.41) is 3.64. The molecule has 0 bridgehead atoms. The normalized spacial score (nSPS) is 16.2. The topological polar surface area (TPSA) is 15.3 Å². The summed E-state index contributed by atoms with van der Waals surface area (Å²) in [5.41, 5.74) is 1.73. The van der Waals surface area contributed by atoms with Crippen molar-refractivity contribution < 1.29 is 0 Å². The molecule has 1 N–H and O–H groups in total. The van der Waals surface area contributed by atoms with Crippen LogP contribution >= 0.6 is 0 Å². The lowest BCUT2D eigenvalue weighted by Gasteiger charge is -2.30. The van der Waals surface area contributed by atoms with E-state index < -0.39 is 0 Å². The molecule has 0 saturated heterocycles. The smallest absolute Gasteiger partial charge is 0.0230 e. The second-order valence-corrected chi connectivity index (χ2v) is 6.48. The summed E-state index contributed by atoms with van der Waals surface area (Å²) < 4.78 is 0. The van der Waals surface area contributed by atoms with Gasteiger partial charge in [-0.15, -0.1) is 0 Å².